The summed E-state index contributed by atoms with van der Waals surface area (Å²) in [5, 5.41) is 14.5. The van der Waals surface area contributed by atoms with E-state index >= 15 is 0 Å². The number of carbonyl (C=O) groups excluding carboxylic acids is 1. The normalized spacial score (nSPS) is 20.5. The summed E-state index contributed by atoms with van der Waals surface area (Å²) in [5.74, 6) is 0. The second kappa shape index (κ2) is 5.59. The maximum atomic E-state index is 11.3. The van der Waals surface area contributed by atoms with E-state index in [1.807, 2.05) is 0 Å². The molecule has 0 radical (unpaired) electrons. The van der Waals surface area contributed by atoms with Gasteiger partial charge in [-0.15, -0.1) is 0 Å². The summed E-state index contributed by atoms with van der Waals surface area (Å²) in [4.78, 5) is 11.3. The summed E-state index contributed by atoms with van der Waals surface area (Å²) >= 11 is 0. The average Bonchev–Trinajstić information content (AvgIpc) is 2.22. The van der Waals surface area contributed by atoms with E-state index in [0.29, 0.717) is 0 Å². The van der Waals surface area contributed by atoms with Gasteiger partial charge in [0.2, 0.25) is 0 Å². The molecule has 4 heteroatoms. The van der Waals surface area contributed by atoms with Crippen LogP contribution >= 0.6 is 0 Å². The molecule has 1 aliphatic carbocycles. The van der Waals surface area contributed by atoms with Gasteiger partial charge in [-0.05, 0) is 12.8 Å². The Hall–Kier alpha value is -1.24. The maximum absolute atomic E-state index is 11.3. The van der Waals surface area contributed by atoms with E-state index in [4.69, 9.17) is 0 Å². The summed E-state index contributed by atoms with van der Waals surface area (Å²) in [6.45, 7) is 0. The third-order valence-electron chi connectivity index (χ3n) is 3.00. The summed E-state index contributed by atoms with van der Waals surface area (Å²) in [7, 11) is 1.57. The number of hydrogen-bond acceptors (Lipinski definition) is 2. The lowest BCUT2D eigenvalue weighted by molar-refractivity contribution is 0.227. The van der Waals surface area contributed by atoms with Crippen LogP contribution < -0.4 is 10.6 Å². The minimum atomic E-state index is -0.638. The van der Waals surface area contributed by atoms with E-state index in [9.17, 15) is 10.1 Å². The van der Waals surface area contributed by atoms with Gasteiger partial charge in [0, 0.05) is 7.05 Å². The van der Waals surface area contributed by atoms with Crippen molar-refractivity contribution in [2.45, 2.75) is 50.5 Å². The summed E-state index contributed by atoms with van der Waals surface area (Å²) in [5.41, 5.74) is -0.638. The number of nitriles is 1. The van der Waals surface area contributed by atoms with Gasteiger partial charge in [-0.25, -0.2) is 4.79 Å². The lowest BCUT2D eigenvalue weighted by Gasteiger charge is -2.29. The molecule has 1 rings (SSSR count). The fourth-order valence-corrected chi connectivity index (χ4v) is 2.05. The van der Waals surface area contributed by atoms with Crippen molar-refractivity contribution in [1.29, 1.82) is 5.26 Å². The monoisotopic (exact) mass is 209 g/mol. The zero-order chi connectivity index (χ0) is 11.1. The molecule has 0 aromatic carbocycles. The SMILES string of the molecule is CNC(=O)NC1(C#N)CCCCCCC1. The molecule has 2 amide bonds. The number of amides is 2. The second-order valence-electron chi connectivity index (χ2n) is 4.17. The minimum Gasteiger partial charge on any atom is -0.341 e. The van der Waals surface area contributed by atoms with E-state index in [2.05, 4.69) is 16.7 Å². The highest BCUT2D eigenvalue weighted by Crippen LogP contribution is 2.25. The van der Waals surface area contributed by atoms with Crippen molar-refractivity contribution in [3.8, 4) is 6.07 Å². The van der Waals surface area contributed by atoms with Crippen LogP contribution in [0.25, 0.3) is 0 Å². The summed E-state index contributed by atoms with van der Waals surface area (Å²) < 4.78 is 0. The van der Waals surface area contributed by atoms with Crippen molar-refractivity contribution >= 4 is 6.03 Å². The Morgan fingerprint density at radius 3 is 2.20 bits per heavy atom. The molecule has 2 N–H and O–H groups in total. The predicted octanol–water partition coefficient (Wildman–Crippen LogP) is 1.92. The van der Waals surface area contributed by atoms with Gasteiger partial charge in [-0.3, -0.25) is 0 Å². The molecule has 0 heterocycles. The van der Waals surface area contributed by atoms with E-state index in [1.54, 1.807) is 7.05 Å². The van der Waals surface area contributed by atoms with Gasteiger partial charge in [-0.2, -0.15) is 5.26 Å². The molecule has 1 aliphatic rings. The first kappa shape index (κ1) is 11.8. The standard InChI is InChI=1S/C11H19N3O/c1-13-10(15)14-11(9-12)7-5-3-2-4-6-8-11/h2-8H2,1H3,(H2,13,14,15). The van der Waals surface area contributed by atoms with E-state index in [1.165, 1.54) is 19.3 Å². The molecule has 0 bridgehead atoms. The molecule has 1 saturated carbocycles. The van der Waals surface area contributed by atoms with Crippen LogP contribution in [0.5, 0.6) is 0 Å². The van der Waals surface area contributed by atoms with Crippen molar-refractivity contribution in [1.82, 2.24) is 10.6 Å². The van der Waals surface area contributed by atoms with Gasteiger partial charge in [0.1, 0.15) is 5.54 Å². The van der Waals surface area contributed by atoms with Crippen molar-refractivity contribution in [3.05, 3.63) is 0 Å². The van der Waals surface area contributed by atoms with E-state index in [-0.39, 0.29) is 6.03 Å². The second-order valence-corrected chi connectivity index (χ2v) is 4.17. The average molecular weight is 209 g/mol. The Balaban J connectivity index is 2.63. The molecular weight excluding hydrogens is 190 g/mol. The first-order chi connectivity index (χ1) is 7.22. The van der Waals surface area contributed by atoms with Gasteiger partial charge in [0.25, 0.3) is 0 Å². The lowest BCUT2D eigenvalue weighted by atomic mass is 9.85. The van der Waals surface area contributed by atoms with Gasteiger partial charge in [0.15, 0.2) is 0 Å². The van der Waals surface area contributed by atoms with Crippen LogP contribution in [-0.4, -0.2) is 18.6 Å². The zero-order valence-electron chi connectivity index (χ0n) is 9.31. The highest BCUT2D eigenvalue weighted by atomic mass is 16.2. The van der Waals surface area contributed by atoms with Crippen LogP contribution in [0.2, 0.25) is 0 Å². The molecular formula is C11H19N3O. The van der Waals surface area contributed by atoms with Gasteiger partial charge in [-0.1, -0.05) is 32.1 Å². The van der Waals surface area contributed by atoms with Crippen LogP contribution in [-0.2, 0) is 0 Å². The number of hydrogen-bond donors (Lipinski definition) is 2. The number of nitrogens with zero attached hydrogens (tertiary/aromatic N) is 1. The van der Waals surface area contributed by atoms with Gasteiger partial charge < -0.3 is 10.6 Å². The molecule has 0 unspecified atom stereocenters. The maximum Gasteiger partial charge on any atom is 0.315 e. The molecule has 15 heavy (non-hydrogen) atoms. The highest BCUT2D eigenvalue weighted by molar-refractivity contribution is 5.74. The van der Waals surface area contributed by atoms with Crippen LogP contribution in [0.4, 0.5) is 4.79 Å². The minimum absolute atomic E-state index is 0.253. The topological polar surface area (TPSA) is 64.9 Å². The largest absolute Gasteiger partial charge is 0.341 e. The smallest absolute Gasteiger partial charge is 0.315 e. The summed E-state index contributed by atoms with van der Waals surface area (Å²) in [6.07, 6.45) is 7.18. The zero-order valence-corrected chi connectivity index (χ0v) is 9.31. The fourth-order valence-electron chi connectivity index (χ4n) is 2.05. The highest BCUT2D eigenvalue weighted by Gasteiger charge is 2.31. The quantitative estimate of drug-likeness (QED) is 0.693. The molecule has 0 aliphatic heterocycles. The molecule has 0 saturated heterocycles. The first-order valence-electron chi connectivity index (χ1n) is 5.63. The molecule has 0 aromatic rings. The first-order valence-corrected chi connectivity index (χ1v) is 5.63. The van der Waals surface area contributed by atoms with Crippen molar-refractivity contribution in [2.24, 2.45) is 0 Å². The van der Waals surface area contributed by atoms with Crippen LogP contribution in [0.15, 0.2) is 0 Å². The Labute approximate surface area is 91.0 Å². The number of urea groups is 1. The molecule has 0 aromatic heterocycles. The predicted molar refractivity (Wildman–Crippen MR) is 58.3 cm³/mol. The van der Waals surface area contributed by atoms with Crippen molar-refractivity contribution in [2.75, 3.05) is 7.05 Å². The Kier molecular flexibility index (Phi) is 4.41. The molecule has 1 fully saturated rings. The van der Waals surface area contributed by atoms with Crippen LogP contribution in [0, 0.1) is 11.3 Å². The summed E-state index contributed by atoms with van der Waals surface area (Å²) in [6, 6.07) is 2.03. The number of nitrogens with one attached hydrogen (secondary N) is 2. The van der Waals surface area contributed by atoms with Gasteiger partial charge >= 0.3 is 6.03 Å². The molecule has 0 spiro atoms. The van der Waals surface area contributed by atoms with E-state index < -0.39 is 5.54 Å². The van der Waals surface area contributed by atoms with Crippen LogP contribution in [0.3, 0.4) is 0 Å². The lowest BCUT2D eigenvalue weighted by Crippen LogP contribution is -2.50. The van der Waals surface area contributed by atoms with Crippen molar-refractivity contribution in [3.63, 3.8) is 0 Å². The van der Waals surface area contributed by atoms with Gasteiger partial charge in [0.05, 0.1) is 6.07 Å². The molecule has 84 valence electrons. The number of rotatable bonds is 1. The van der Waals surface area contributed by atoms with Crippen LogP contribution in [0.1, 0.15) is 44.9 Å². The Morgan fingerprint density at radius 2 is 1.73 bits per heavy atom. The number of carbonyl (C=O) groups is 1. The Morgan fingerprint density at radius 1 is 1.20 bits per heavy atom. The third kappa shape index (κ3) is 3.43. The fraction of sp³-hybridized carbons (Fsp3) is 0.818. The molecule has 0 atom stereocenters. The Bertz CT molecular complexity index is 249. The van der Waals surface area contributed by atoms with E-state index in [0.717, 1.165) is 25.7 Å². The molecule has 4 nitrogen and oxygen atoms in total. The third-order valence-corrected chi connectivity index (χ3v) is 3.00. The van der Waals surface area contributed by atoms with Crippen molar-refractivity contribution < 1.29 is 4.79 Å².